The lowest BCUT2D eigenvalue weighted by Gasteiger charge is -2.21. The van der Waals surface area contributed by atoms with Crippen LogP contribution in [0.25, 0.3) is 0 Å². The molecule has 3 heteroatoms. The van der Waals surface area contributed by atoms with Gasteiger partial charge in [0, 0.05) is 19.1 Å². The Hall–Kier alpha value is -0.120. The number of hydrogen-bond donors (Lipinski definition) is 1. The van der Waals surface area contributed by atoms with E-state index in [2.05, 4.69) is 29.1 Å². The number of hydrogen-bond acceptors (Lipinski definition) is 3. The smallest absolute Gasteiger partial charge is 0.0109 e. The molecule has 0 saturated carbocycles. The summed E-state index contributed by atoms with van der Waals surface area (Å²) in [6.07, 6.45) is 2.59. The van der Waals surface area contributed by atoms with Crippen molar-refractivity contribution in [2.45, 2.75) is 25.8 Å². The van der Waals surface area contributed by atoms with Crippen molar-refractivity contribution in [2.75, 3.05) is 46.8 Å². The number of nitrogens with one attached hydrogen (secondary N) is 1. The van der Waals surface area contributed by atoms with Crippen molar-refractivity contribution < 1.29 is 0 Å². The van der Waals surface area contributed by atoms with Crippen molar-refractivity contribution >= 4 is 0 Å². The van der Waals surface area contributed by atoms with Crippen LogP contribution in [0.1, 0.15) is 19.8 Å². The molecule has 0 radical (unpaired) electrons. The molecule has 1 rings (SSSR count). The molecule has 3 nitrogen and oxygen atoms in total. The molecule has 0 aliphatic carbocycles. The summed E-state index contributed by atoms with van der Waals surface area (Å²) in [7, 11) is 4.26. The van der Waals surface area contributed by atoms with Gasteiger partial charge in [-0.2, -0.15) is 0 Å². The zero-order valence-corrected chi connectivity index (χ0v) is 9.92. The highest BCUT2D eigenvalue weighted by atomic mass is 15.2. The molecule has 1 unspecified atom stereocenters. The Kier molecular flexibility index (Phi) is 5.45. The Labute approximate surface area is 88.5 Å². The Bertz CT molecular complexity index is 149. The highest BCUT2D eigenvalue weighted by Gasteiger charge is 2.12. The third-order valence-corrected chi connectivity index (χ3v) is 3.18. The van der Waals surface area contributed by atoms with Crippen LogP contribution in [0.15, 0.2) is 0 Å². The minimum absolute atomic E-state index is 0.649. The summed E-state index contributed by atoms with van der Waals surface area (Å²) in [6, 6.07) is 0.649. The summed E-state index contributed by atoms with van der Waals surface area (Å²) < 4.78 is 0. The van der Waals surface area contributed by atoms with Gasteiger partial charge in [-0.25, -0.2) is 0 Å². The van der Waals surface area contributed by atoms with Crippen molar-refractivity contribution in [3.63, 3.8) is 0 Å². The first kappa shape index (κ1) is 12.0. The third kappa shape index (κ3) is 4.40. The van der Waals surface area contributed by atoms with Crippen molar-refractivity contribution in [3.05, 3.63) is 0 Å². The van der Waals surface area contributed by atoms with Crippen LogP contribution >= 0.6 is 0 Å². The molecule has 0 aromatic rings. The zero-order valence-electron chi connectivity index (χ0n) is 9.92. The van der Waals surface area contributed by atoms with Crippen molar-refractivity contribution in [1.29, 1.82) is 0 Å². The van der Waals surface area contributed by atoms with E-state index in [0.717, 1.165) is 0 Å². The van der Waals surface area contributed by atoms with Gasteiger partial charge < -0.3 is 15.1 Å². The van der Waals surface area contributed by atoms with Gasteiger partial charge in [0.05, 0.1) is 0 Å². The molecule has 0 aromatic heterocycles. The predicted octanol–water partition coefficient (Wildman–Crippen LogP) is 0.622. The van der Waals surface area contributed by atoms with Crippen LogP contribution in [0.2, 0.25) is 0 Å². The largest absolute Gasteiger partial charge is 0.317 e. The van der Waals surface area contributed by atoms with Crippen molar-refractivity contribution in [3.8, 4) is 0 Å². The summed E-state index contributed by atoms with van der Waals surface area (Å²) in [5, 5.41) is 3.29. The van der Waals surface area contributed by atoms with E-state index in [-0.39, 0.29) is 0 Å². The maximum absolute atomic E-state index is 3.29. The van der Waals surface area contributed by atoms with Gasteiger partial charge in [-0.05, 0) is 53.5 Å². The molecule has 1 fully saturated rings. The lowest BCUT2D eigenvalue weighted by molar-refractivity contribution is 0.264. The van der Waals surface area contributed by atoms with Crippen LogP contribution in [0, 0.1) is 0 Å². The molecule has 0 amide bonds. The van der Waals surface area contributed by atoms with Gasteiger partial charge in [-0.15, -0.1) is 0 Å². The van der Waals surface area contributed by atoms with Crippen LogP contribution in [-0.2, 0) is 0 Å². The summed E-state index contributed by atoms with van der Waals surface area (Å²) in [5.41, 5.74) is 0. The summed E-state index contributed by atoms with van der Waals surface area (Å²) >= 11 is 0. The standard InChI is InChI=1S/C11H25N3/c1-11(12-2)5-8-14-7-4-6-13(3)9-10-14/h11-12H,4-10H2,1-3H3. The quantitative estimate of drug-likeness (QED) is 0.716. The van der Waals surface area contributed by atoms with E-state index in [1.54, 1.807) is 0 Å². The number of rotatable bonds is 4. The van der Waals surface area contributed by atoms with E-state index in [4.69, 9.17) is 0 Å². The molecular formula is C11H25N3. The second-order valence-electron chi connectivity index (χ2n) is 4.48. The summed E-state index contributed by atoms with van der Waals surface area (Å²) in [4.78, 5) is 5.03. The second-order valence-corrected chi connectivity index (χ2v) is 4.48. The van der Waals surface area contributed by atoms with Crippen LogP contribution < -0.4 is 5.32 Å². The molecular weight excluding hydrogens is 174 g/mol. The lowest BCUT2D eigenvalue weighted by Crippen LogP contribution is -2.33. The summed E-state index contributed by atoms with van der Waals surface area (Å²) in [5.74, 6) is 0. The molecule has 1 N–H and O–H groups in total. The Balaban J connectivity index is 2.17. The lowest BCUT2D eigenvalue weighted by atomic mass is 10.2. The molecule has 0 bridgehead atoms. The SMILES string of the molecule is CNC(C)CCN1CCCN(C)CC1. The first-order valence-corrected chi connectivity index (χ1v) is 5.80. The van der Waals surface area contributed by atoms with E-state index in [1.807, 2.05) is 7.05 Å². The van der Waals surface area contributed by atoms with Crippen molar-refractivity contribution in [1.82, 2.24) is 15.1 Å². The van der Waals surface area contributed by atoms with Gasteiger partial charge in [0.1, 0.15) is 0 Å². The van der Waals surface area contributed by atoms with Gasteiger partial charge in [0.15, 0.2) is 0 Å². The molecule has 84 valence electrons. The van der Waals surface area contributed by atoms with Crippen molar-refractivity contribution in [2.24, 2.45) is 0 Å². The van der Waals surface area contributed by atoms with Crippen LogP contribution in [0.3, 0.4) is 0 Å². The van der Waals surface area contributed by atoms with E-state index >= 15 is 0 Å². The molecule has 14 heavy (non-hydrogen) atoms. The van der Waals surface area contributed by atoms with Crippen LogP contribution in [0.4, 0.5) is 0 Å². The fourth-order valence-electron chi connectivity index (χ4n) is 1.84. The normalized spacial score (nSPS) is 23.4. The fraction of sp³-hybridized carbons (Fsp3) is 1.00. The Morgan fingerprint density at radius 2 is 2.00 bits per heavy atom. The molecule has 0 spiro atoms. The Morgan fingerprint density at radius 1 is 1.21 bits per heavy atom. The first-order chi connectivity index (χ1) is 6.72. The molecule has 1 heterocycles. The van der Waals surface area contributed by atoms with E-state index in [1.165, 1.54) is 45.6 Å². The van der Waals surface area contributed by atoms with E-state index in [0.29, 0.717) is 6.04 Å². The molecule has 1 atom stereocenters. The number of likely N-dealkylation sites (N-methyl/N-ethyl adjacent to an activating group) is 1. The minimum atomic E-state index is 0.649. The fourth-order valence-corrected chi connectivity index (χ4v) is 1.84. The van der Waals surface area contributed by atoms with E-state index < -0.39 is 0 Å². The minimum Gasteiger partial charge on any atom is -0.317 e. The molecule has 0 aromatic carbocycles. The van der Waals surface area contributed by atoms with E-state index in [9.17, 15) is 0 Å². The third-order valence-electron chi connectivity index (χ3n) is 3.18. The molecule has 1 aliphatic heterocycles. The van der Waals surface area contributed by atoms with Gasteiger partial charge in [0.25, 0.3) is 0 Å². The number of nitrogens with zero attached hydrogens (tertiary/aromatic N) is 2. The van der Waals surface area contributed by atoms with Gasteiger partial charge in [-0.1, -0.05) is 0 Å². The predicted molar refractivity (Wildman–Crippen MR) is 61.7 cm³/mol. The second kappa shape index (κ2) is 6.38. The molecule has 1 aliphatic rings. The summed E-state index contributed by atoms with van der Waals surface area (Å²) in [6.45, 7) is 8.51. The van der Waals surface area contributed by atoms with Gasteiger partial charge in [0.2, 0.25) is 0 Å². The van der Waals surface area contributed by atoms with Gasteiger partial charge >= 0.3 is 0 Å². The average Bonchev–Trinajstić information content (AvgIpc) is 2.39. The topological polar surface area (TPSA) is 18.5 Å². The zero-order chi connectivity index (χ0) is 10.4. The van der Waals surface area contributed by atoms with Crippen LogP contribution in [-0.4, -0.2) is 62.7 Å². The monoisotopic (exact) mass is 199 g/mol. The average molecular weight is 199 g/mol. The Morgan fingerprint density at radius 3 is 2.71 bits per heavy atom. The maximum atomic E-state index is 3.29. The van der Waals surface area contributed by atoms with Crippen LogP contribution in [0.5, 0.6) is 0 Å². The highest BCUT2D eigenvalue weighted by Crippen LogP contribution is 2.02. The highest BCUT2D eigenvalue weighted by molar-refractivity contribution is 4.69. The molecule has 1 saturated heterocycles. The van der Waals surface area contributed by atoms with Gasteiger partial charge in [-0.3, -0.25) is 0 Å². The first-order valence-electron chi connectivity index (χ1n) is 5.80. The maximum Gasteiger partial charge on any atom is 0.0109 e.